The molecule has 4 rings (SSSR count). The second-order valence-corrected chi connectivity index (χ2v) is 10.1. The van der Waals surface area contributed by atoms with Crippen molar-refractivity contribution < 1.29 is 28.2 Å². The minimum atomic E-state index is -2.54. The van der Waals surface area contributed by atoms with Crippen LogP contribution < -0.4 is 4.74 Å². The third-order valence-corrected chi connectivity index (χ3v) is 7.33. The number of alkyl halides is 2. The van der Waals surface area contributed by atoms with E-state index in [-0.39, 0.29) is 23.7 Å². The van der Waals surface area contributed by atoms with Gasteiger partial charge in [-0.1, -0.05) is 24.3 Å². The van der Waals surface area contributed by atoms with Crippen LogP contribution in [0.3, 0.4) is 0 Å². The first kappa shape index (κ1) is 25.7. The van der Waals surface area contributed by atoms with Crippen LogP contribution in [0.4, 0.5) is 8.78 Å². The van der Waals surface area contributed by atoms with Gasteiger partial charge in [0, 0.05) is 17.0 Å². The second kappa shape index (κ2) is 10.7. The third kappa shape index (κ3) is 5.53. The Hall–Kier alpha value is -3.40. The molecule has 1 fully saturated rings. The molecule has 1 aliphatic rings. The standard InChI is InChI=1S/C26H27F2N3O4S/c1-16-22(24(32)33)30-21(36-16)15-31(12-4-6-17-5-3-7-18(13-17)23(27)28)25(34)26(10-11-26)20-9-8-19(35-2)14-29-20/h3,5,7-9,13-14,23H,4,6,10-12,15H2,1-2H3,(H,32,33). The summed E-state index contributed by atoms with van der Waals surface area (Å²) in [6, 6.07) is 9.87. The van der Waals surface area contributed by atoms with E-state index in [1.807, 2.05) is 0 Å². The molecule has 0 radical (unpaired) electrons. The fraction of sp³-hybridized carbons (Fsp3) is 0.385. The molecule has 7 nitrogen and oxygen atoms in total. The lowest BCUT2D eigenvalue weighted by molar-refractivity contribution is -0.134. The van der Waals surface area contributed by atoms with Crippen molar-refractivity contribution in [2.45, 2.75) is 51.0 Å². The number of ether oxygens (including phenoxy) is 1. The number of aryl methyl sites for hydroxylation is 2. The Morgan fingerprint density at radius 1 is 1.25 bits per heavy atom. The third-order valence-electron chi connectivity index (χ3n) is 6.38. The minimum Gasteiger partial charge on any atom is -0.495 e. The minimum absolute atomic E-state index is 0.0100. The number of hydrogen-bond acceptors (Lipinski definition) is 6. The molecular weight excluding hydrogens is 488 g/mol. The predicted octanol–water partition coefficient (Wildman–Crippen LogP) is 5.18. The molecule has 2 aromatic heterocycles. The highest BCUT2D eigenvalue weighted by Gasteiger charge is 2.54. The Balaban J connectivity index is 1.54. The Morgan fingerprint density at radius 2 is 2.03 bits per heavy atom. The van der Waals surface area contributed by atoms with Gasteiger partial charge in [0.25, 0.3) is 6.43 Å². The van der Waals surface area contributed by atoms with E-state index in [9.17, 15) is 23.5 Å². The van der Waals surface area contributed by atoms with Crippen LogP contribution in [-0.2, 0) is 23.2 Å². The van der Waals surface area contributed by atoms with Gasteiger partial charge < -0.3 is 14.7 Å². The van der Waals surface area contributed by atoms with E-state index in [4.69, 9.17) is 4.74 Å². The molecule has 190 valence electrons. The molecule has 1 aliphatic carbocycles. The van der Waals surface area contributed by atoms with Crippen LogP contribution in [-0.4, -0.2) is 45.5 Å². The number of benzene rings is 1. The van der Waals surface area contributed by atoms with Gasteiger partial charge in [0.05, 0.1) is 31.0 Å². The number of thiazole rings is 1. The highest BCUT2D eigenvalue weighted by molar-refractivity contribution is 7.11. The van der Waals surface area contributed by atoms with Crippen LogP contribution in [0.2, 0.25) is 0 Å². The van der Waals surface area contributed by atoms with Crippen molar-refractivity contribution >= 4 is 23.2 Å². The van der Waals surface area contributed by atoms with Crippen molar-refractivity contribution in [2.24, 2.45) is 0 Å². The summed E-state index contributed by atoms with van der Waals surface area (Å²) in [4.78, 5) is 36.2. The van der Waals surface area contributed by atoms with Gasteiger partial charge in [-0.2, -0.15) is 0 Å². The lowest BCUT2D eigenvalue weighted by Crippen LogP contribution is -2.40. The Labute approximate surface area is 211 Å². The number of carbonyl (C=O) groups is 2. The van der Waals surface area contributed by atoms with Crippen LogP contribution in [0.25, 0.3) is 0 Å². The number of aromatic carboxylic acids is 1. The molecular formula is C26H27F2N3O4S. The van der Waals surface area contributed by atoms with Crippen molar-refractivity contribution in [3.8, 4) is 5.75 Å². The fourth-order valence-corrected chi connectivity index (χ4v) is 5.22. The van der Waals surface area contributed by atoms with Gasteiger partial charge in [-0.3, -0.25) is 9.78 Å². The smallest absolute Gasteiger partial charge is 0.355 e. The SMILES string of the molecule is COc1ccc(C2(C(=O)N(CCCc3cccc(C(F)F)c3)Cc3nc(C(=O)O)c(C)s3)CC2)nc1. The van der Waals surface area contributed by atoms with Crippen molar-refractivity contribution in [2.75, 3.05) is 13.7 Å². The van der Waals surface area contributed by atoms with E-state index >= 15 is 0 Å². The number of rotatable bonds is 11. The van der Waals surface area contributed by atoms with E-state index in [0.717, 1.165) is 5.56 Å². The molecule has 1 amide bonds. The summed E-state index contributed by atoms with van der Waals surface area (Å²) < 4.78 is 31.3. The maximum atomic E-state index is 13.8. The average Bonchev–Trinajstić information content (AvgIpc) is 3.60. The monoisotopic (exact) mass is 515 g/mol. The molecule has 3 aromatic rings. The highest BCUT2D eigenvalue weighted by atomic mass is 32.1. The van der Waals surface area contributed by atoms with Crippen LogP contribution >= 0.6 is 11.3 Å². The first-order valence-corrected chi connectivity index (χ1v) is 12.4. The quantitative estimate of drug-likeness (QED) is 0.378. The van der Waals surface area contributed by atoms with E-state index in [1.54, 1.807) is 49.4 Å². The molecule has 0 unspecified atom stereocenters. The zero-order chi connectivity index (χ0) is 25.9. The van der Waals surface area contributed by atoms with Gasteiger partial charge in [-0.15, -0.1) is 11.3 Å². The normalized spacial score (nSPS) is 14.0. The number of amides is 1. The summed E-state index contributed by atoms with van der Waals surface area (Å²) in [6.07, 6.45) is 1.46. The first-order valence-electron chi connectivity index (χ1n) is 11.6. The molecule has 0 aliphatic heterocycles. The van der Waals surface area contributed by atoms with Gasteiger partial charge in [0.1, 0.15) is 10.8 Å². The van der Waals surface area contributed by atoms with Crippen LogP contribution in [0, 0.1) is 6.92 Å². The Morgan fingerprint density at radius 3 is 2.61 bits per heavy atom. The summed E-state index contributed by atoms with van der Waals surface area (Å²) in [7, 11) is 1.55. The van der Waals surface area contributed by atoms with Gasteiger partial charge in [-0.05, 0) is 50.3 Å². The number of nitrogens with zero attached hydrogens (tertiary/aromatic N) is 3. The number of carboxylic acids is 1. The molecule has 1 aromatic carbocycles. The Kier molecular flexibility index (Phi) is 7.63. The number of hydrogen-bond donors (Lipinski definition) is 1. The van der Waals surface area contributed by atoms with Crippen molar-refractivity contribution in [3.05, 3.63) is 75.0 Å². The second-order valence-electron chi connectivity index (χ2n) is 8.86. The molecule has 36 heavy (non-hydrogen) atoms. The van der Waals surface area contributed by atoms with Crippen LogP contribution in [0.15, 0.2) is 42.6 Å². The lowest BCUT2D eigenvalue weighted by Gasteiger charge is -2.27. The number of carbonyl (C=O) groups excluding carboxylic acids is 1. The molecule has 2 heterocycles. The van der Waals surface area contributed by atoms with E-state index in [0.29, 0.717) is 53.6 Å². The summed E-state index contributed by atoms with van der Waals surface area (Å²) in [5, 5.41) is 9.91. The summed E-state index contributed by atoms with van der Waals surface area (Å²) in [6.45, 7) is 2.24. The largest absolute Gasteiger partial charge is 0.495 e. The van der Waals surface area contributed by atoms with Crippen molar-refractivity contribution in [1.82, 2.24) is 14.9 Å². The van der Waals surface area contributed by atoms with Crippen molar-refractivity contribution in [1.29, 1.82) is 0 Å². The highest BCUT2D eigenvalue weighted by Crippen LogP contribution is 2.49. The first-order chi connectivity index (χ1) is 17.2. The summed E-state index contributed by atoms with van der Waals surface area (Å²) in [5.41, 5.74) is 0.677. The van der Waals surface area contributed by atoms with Gasteiger partial charge in [-0.25, -0.2) is 18.6 Å². The lowest BCUT2D eigenvalue weighted by atomic mass is 9.99. The van der Waals surface area contributed by atoms with Crippen LogP contribution in [0.1, 0.15) is 62.9 Å². The zero-order valence-corrected chi connectivity index (χ0v) is 20.9. The molecule has 0 spiro atoms. The number of pyridine rings is 1. The predicted molar refractivity (Wildman–Crippen MR) is 131 cm³/mol. The fourth-order valence-electron chi connectivity index (χ4n) is 4.28. The molecule has 10 heteroatoms. The van der Waals surface area contributed by atoms with Gasteiger partial charge in [0.2, 0.25) is 5.91 Å². The maximum absolute atomic E-state index is 13.8. The van der Waals surface area contributed by atoms with Crippen LogP contribution in [0.5, 0.6) is 5.75 Å². The van der Waals surface area contributed by atoms with E-state index < -0.39 is 17.8 Å². The molecule has 1 saturated carbocycles. The zero-order valence-electron chi connectivity index (χ0n) is 20.0. The maximum Gasteiger partial charge on any atom is 0.355 e. The van der Waals surface area contributed by atoms with E-state index in [1.165, 1.54) is 23.5 Å². The molecule has 0 bridgehead atoms. The van der Waals surface area contributed by atoms with E-state index in [2.05, 4.69) is 9.97 Å². The summed E-state index contributed by atoms with van der Waals surface area (Å²) >= 11 is 1.25. The topological polar surface area (TPSA) is 92.6 Å². The number of aromatic nitrogens is 2. The summed E-state index contributed by atoms with van der Waals surface area (Å²) in [5.74, 6) is -0.594. The number of carboxylic acid groups (broad SMARTS) is 1. The molecule has 0 atom stereocenters. The molecule has 0 saturated heterocycles. The van der Waals surface area contributed by atoms with Gasteiger partial charge in [0.15, 0.2) is 5.69 Å². The number of methoxy groups -OCH3 is 1. The van der Waals surface area contributed by atoms with Gasteiger partial charge >= 0.3 is 5.97 Å². The number of halogens is 2. The van der Waals surface area contributed by atoms with Crippen molar-refractivity contribution in [3.63, 3.8) is 0 Å². The molecule has 1 N–H and O–H groups in total. The average molecular weight is 516 g/mol. The Bertz CT molecular complexity index is 1240.